The number of aromatic nitrogens is 3. The highest BCUT2D eigenvalue weighted by molar-refractivity contribution is 5.47. The van der Waals surface area contributed by atoms with Crippen molar-refractivity contribution < 1.29 is 42.6 Å². The number of unbranched alkanes of at least 4 members (excludes halogenated alkanes) is 10. The fourth-order valence-electron chi connectivity index (χ4n) is 6.82. The van der Waals surface area contributed by atoms with Gasteiger partial charge in [-0.2, -0.15) is 0 Å². The Kier molecular flexibility index (Phi) is 30.7. The van der Waals surface area contributed by atoms with E-state index < -0.39 is 0 Å². The summed E-state index contributed by atoms with van der Waals surface area (Å²) in [7, 11) is 0. The molecule has 366 valence electrons. The van der Waals surface area contributed by atoms with Crippen LogP contribution in [0.15, 0.2) is 42.6 Å². The van der Waals surface area contributed by atoms with Crippen molar-refractivity contribution in [1.82, 2.24) is 19.9 Å². The lowest BCUT2D eigenvalue weighted by Crippen LogP contribution is -2.31. The van der Waals surface area contributed by atoms with E-state index >= 15 is 0 Å². The third-order valence-corrected chi connectivity index (χ3v) is 10.5. The Balaban J connectivity index is 1.43. The largest absolute Gasteiger partial charge is 0.493 e. The molecule has 13 heteroatoms. The zero-order chi connectivity index (χ0) is 47.1. The van der Waals surface area contributed by atoms with Gasteiger partial charge in [-0.05, 0) is 54.2 Å². The van der Waals surface area contributed by atoms with Crippen molar-refractivity contribution in [2.45, 2.75) is 97.4 Å². The number of ether oxygens (including phenoxy) is 9. The Morgan fingerprint density at radius 1 is 0.478 bits per heavy atom. The summed E-state index contributed by atoms with van der Waals surface area (Å²) >= 11 is 0. The Morgan fingerprint density at radius 2 is 0.851 bits per heavy atom. The first-order chi connectivity index (χ1) is 33.1. The molecule has 0 aromatic carbocycles. The van der Waals surface area contributed by atoms with E-state index in [2.05, 4.69) is 58.3 Å². The molecule has 67 heavy (non-hydrogen) atoms. The van der Waals surface area contributed by atoms with E-state index in [9.17, 15) is 0 Å². The molecule has 3 aromatic heterocycles. The van der Waals surface area contributed by atoms with E-state index in [1.165, 1.54) is 51.4 Å². The molecule has 0 spiro atoms. The molecule has 1 aliphatic rings. The normalized spacial score (nSPS) is 15.7. The van der Waals surface area contributed by atoms with Crippen LogP contribution in [0.1, 0.15) is 125 Å². The number of hydrogen-bond donors (Lipinski definition) is 0. The zero-order valence-corrected chi connectivity index (χ0v) is 40.5. The Labute approximate surface area is 401 Å². The van der Waals surface area contributed by atoms with Crippen LogP contribution in [0.3, 0.4) is 0 Å². The minimum Gasteiger partial charge on any atom is -0.493 e. The molecule has 1 fully saturated rings. The summed E-state index contributed by atoms with van der Waals surface area (Å²) in [6.07, 6.45) is 21.7. The van der Waals surface area contributed by atoms with Gasteiger partial charge < -0.3 is 42.6 Å². The highest BCUT2D eigenvalue weighted by Crippen LogP contribution is 2.18. The lowest BCUT2D eigenvalue weighted by Gasteiger charge is -2.22. The number of pyridine rings is 3. The highest BCUT2D eigenvalue weighted by Gasteiger charge is 2.09. The van der Waals surface area contributed by atoms with Gasteiger partial charge in [0.25, 0.3) is 0 Å². The molecule has 0 saturated carbocycles. The molecule has 0 atom stereocenters. The van der Waals surface area contributed by atoms with E-state index in [1.807, 2.05) is 30.3 Å². The molecule has 1 saturated heterocycles. The monoisotopic (exact) mass is 925 g/mol. The van der Waals surface area contributed by atoms with Gasteiger partial charge in [0.15, 0.2) is 0 Å². The summed E-state index contributed by atoms with van der Waals surface area (Å²) in [5.74, 6) is 16.8. The maximum atomic E-state index is 6.25. The lowest BCUT2D eigenvalue weighted by molar-refractivity contribution is -0.0242. The van der Waals surface area contributed by atoms with Crippen molar-refractivity contribution in [3.63, 3.8) is 0 Å². The number of nitrogens with zero attached hydrogens (tertiary/aromatic N) is 4. The van der Waals surface area contributed by atoms with Crippen LogP contribution in [0, 0.1) is 36.0 Å². The maximum absolute atomic E-state index is 6.25. The van der Waals surface area contributed by atoms with E-state index in [0.717, 1.165) is 31.2 Å². The third-order valence-electron chi connectivity index (χ3n) is 10.5. The van der Waals surface area contributed by atoms with E-state index in [1.54, 1.807) is 12.3 Å². The molecule has 0 N–H and O–H groups in total. The fourth-order valence-corrected chi connectivity index (χ4v) is 6.82. The van der Waals surface area contributed by atoms with Crippen LogP contribution in [0.25, 0.3) is 0 Å². The van der Waals surface area contributed by atoms with E-state index in [0.29, 0.717) is 165 Å². The third kappa shape index (κ3) is 27.1. The topological polar surface area (TPSA) is 125 Å². The SMILES string of the molecule is C#Cc1cc(OCCCCCCCC)cc(C#Cc2cc(OCCCCCCCC)cc(C#Cc3cc(CN4CCOCCOCCOCCOCCOCCOCCOCC4)ccn3)n2)n1. The Morgan fingerprint density at radius 3 is 1.28 bits per heavy atom. The number of terminal acetylenes is 1. The molecule has 0 radical (unpaired) electrons. The summed E-state index contributed by atoms with van der Waals surface area (Å²) in [4.78, 5) is 16.2. The Bertz CT molecular complexity index is 1910. The van der Waals surface area contributed by atoms with Crippen LogP contribution in [0.4, 0.5) is 0 Å². The fraction of sp³-hybridized carbons (Fsp3) is 0.611. The van der Waals surface area contributed by atoms with Crippen LogP contribution in [-0.2, 0) is 39.7 Å². The summed E-state index contributed by atoms with van der Waals surface area (Å²) in [5.41, 5.74) is 3.71. The average molecular weight is 925 g/mol. The molecule has 4 rings (SSSR count). The van der Waals surface area contributed by atoms with Gasteiger partial charge in [-0.25, -0.2) is 15.0 Å². The van der Waals surface area contributed by atoms with Crippen molar-refractivity contribution in [2.75, 3.05) is 119 Å². The van der Waals surface area contributed by atoms with Crippen LogP contribution >= 0.6 is 0 Å². The molecular weight excluding hydrogens is 849 g/mol. The van der Waals surface area contributed by atoms with Crippen molar-refractivity contribution in [3.05, 3.63) is 76.6 Å². The van der Waals surface area contributed by atoms with Crippen LogP contribution in [-0.4, -0.2) is 139 Å². The standard InChI is InChI=1S/C54H76N4O9/c1-4-7-9-11-13-15-25-66-53-42-48(6-3)56-50(43-53)19-20-52-45-54(67-26-16-14-12-10-8-5-2)44-51(57-52)18-17-49-41-47(21-22-55-49)46-58-23-27-59-29-31-61-33-35-63-37-39-65-40-38-64-36-34-62-32-30-60-28-24-58/h3,21-22,41-45H,4-5,7-16,23-40,46H2,1-2H3. The molecular formula is C54H76N4O9. The van der Waals surface area contributed by atoms with Gasteiger partial charge >= 0.3 is 0 Å². The second kappa shape index (κ2) is 37.4. The molecule has 0 bridgehead atoms. The van der Waals surface area contributed by atoms with Gasteiger partial charge in [0, 0.05) is 50.1 Å². The maximum Gasteiger partial charge on any atom is 0.124 e. The highest BCUT2D eigenvalue weighted by atomic mass is 16.6. The minimum absolute atomic E-state index is 0.471. The van der Waals surface area contributed by atoms with E-state index in [-0.39, 0.29) is 0 Å². The Hall–Kier alpha value is -4.59. The van der Waals surface area contributed by atoms with Crippen molar-refractivity contribution >= 4 is 0 Å². The van der Waals surface area contributed by atoms with Gasteiger partial charge in [0.05, 0.1) is 106 Å². The second-order valence-corrected chi connectivity index (χ2v) is 16.1. The van der Waals surface area contributed by atoms with Gasteiger partial charge in [0.1, 0.15) is 40.0 Å². The predicted molar refractivity (Wildman–Crippen MR) is 261 cm³/mol. The first-order valence-corrected chi connectivity index (χ1v) is 24.7. The van der Waals surface area contributed by atoms with Crippen LogP contribution in [0.2, 0.25) is 0 Å². The van der Waals surface area contributed by atoms with Crippen molar-refractivity contribution in [2.24, 2.45) is 0 Å². The van der Waals surface area contributed by atoms with Crippen LogP contribution < -0.4 is 9.47 Å². The summed E-state index contributed by atoms with van der Waals surface area (Å²) in [6.45, 7) is 14.9. The predicted octanol–water partition coefficient (Wildman–Crippen LogP) is 8.06. The number of hydrogen-bond acceptors (Lipinski definition) is 13. The van der Waals surface area contributed by atoms with Gasteiger partial charge in [-0.3, -0.25) is 4.90 Å². The molecule has 4 heterocycles. The lowest BCUT2D eigenvalue weighted by atomic mass is 10.1. The summed E-state index contributed by atoms with van der Waals surface area (Å²) in [6, 6.07) is 11.3. The van der Waals surface area contributed by atoms with Gasteiger partial charge in [-0.15, -0.1) is 6.42 Å². The van der Waals surface area contributed by atoms with Gasteiger partial charge in [0.2, 0.25) is 0 Å². The first kappa shape index (κ1) is 55.0. The van der Waals surface area contributed by atoms with Crippen LogP contribution in [0.5, 0.6) is 11.5 Å². The molecule has 1 aliphatic heterocycles. The van der Waals surface area contributed by atoms with Crippen molar-refractivity contribution in [3.8, 4) is 47.5 Å². The smallest absolute Gasteiger partial charge is 0.124 e. The zero-order valence-electron chi connectivity index (χ0n) is 40.5. The molecule has 0 unspecified atom stereocenters. The first-order valence-electron chi connectivity index (χ1n) is 24.7. The van der Waals surface area contributed by atoms with Crippen molar-refractivity contribution in [1.29, 1.82) is 0 Å². The minimum atomic E-state index is 0.471. The summed E-state index contributed by atoms with van der Waals surface area (Å²) in [5, 5.41) is 0. The quantitative estimate of drug-likeness (QED) is 0.0904. The summed E-state index contributed by atoms with van der Waals surface area (Å²) < 4.78 is 52.2. The molecule has 13 nitrogen and oxygen atoms in total. The van der Waals surface area contributed by atoms with Gasteiger partial charge in [-0.1, -0.05) is 84.0 Å². The molecule has 0 amide bonds. The average Bonchev–Trinajstić information content (AvgIpc) is 3.34. The second-order valence-electron chi connectivity index (χ2n) is 16.1. The molecule has 0 aliphatic carbocycles. The number of rotatable bonds is 18. The molecule has 3 aromatic rings. The van der Waals surface area contributed by atoms with E-state index in [4.69, 9.17) is 54.0 Å².